The van der Waals surface area contributed by atoms with Gasteiger partial charge in [-0.25, -0.2) is 0 Å². The molecule has 1 N–H and O–H groups in total. The molecule has 0 spiro atoms. The Morgan fingerprint density at radius 2 is 2.00 bits per heavy atom. The fraction of sp³-hybridized carbons (Fsp3) is 0.538. The highest BCUT2D eigenvalue weighted by atomic mass is 35.5. The first kappa shape index (κ1) is 14.3. The number of hydrogen-bond acceptors (Lipinski definition) is 3. The van der Waals surface area contributed by atoms with Gasteiger partial charge in [0.25, 0.3) is 0 Å². The number of ether oxygens (including phenoxy) is 2. The molecule has 0 aliphatic rings. The molecule has 1 aromatic carbocycles. The first-order valence-corrected chi connectivity index (χ1v) is 6.05. The quantitative estimate of drug-likeness (QED) is 0.853. The van der Waals surface area contributed by atoms with E-state index in [9.17, 15) is 5.11 Å². The van der Waals surface area contributed by atoms with E-state index in [0.29, 0.717) is 10.8 Å². The maximum Gasteiger partial charge on any atom is 0.119 e. The summed E-state index contributed by atoms with van der Waals surface area (Å²) in [6, 6.07) is 5.41. The maximum absolute atomic E-state index is 9.61. The van der Waals surface area contributed by atoms with Crippen LogP contribution in [-0.4, -0.2) is 30.5 Å². The van der Waals surface area contributed by atoms with Gasteiger partial charge in [0.1, 0.15) is 18.5 Å². The molecular formula is C13H19ClO3. The summed E-state index contributed by atoms with van der Waals surface area (Å²) in [6.45, 7) is 6.26. The van der Waals surface area contributed by atoms with Gasteiger partial charge in [0.2, 0.25) is 0 Å². The molecule has 0 saturated heterocycles. The second-order valence-corrected chi connectivity index (χ2v) is 4.67. The molecule has 0 heterocycles. The van der Waals surface area contributed by atoms with Crippen molar-refractivity contribution in [1.29, 1.82) is 0 Å². The molecule has 17 heavy (non-hydrogen) atoms. The molecule has 0 amide bonds. The molecule has 1 atom stereocenters. The molecule has 0 aliphatic heterocycles. The normalized spacial score (nSPS) is 12.8. The largest absolute Gasteiger partial charge is 0.491 e. The molecule has 96 valence electrons. The predicted octanol–water partition coefficient (Wildman–Crippen LogP) is 2.81. The van der Waals surface area contributed by atoms with Crippen LogP contribution >= 0.6 is 11.6 Å². The van der Waals surface area contributed by atoms with Crippen molar-refractivity contribution >= 4 is 11.6 Å². The summed E-state index contributed by atoms with van der Waals surface area (Å²) < 4.78 is 10.7. The zero-order valence-electron chi connectivity index (χ0n) is 10.4. The Bertz CT molecular complexity index is 353. The number of halogens is 1. The van der Waals surface area contributed by atoms with Crippen LogP contribution in [0.25, 0.3) is 0 Å². The highest BCUT2D eigenvalue weighted by Gasteiger charge is 2.07. The van der Waals surface area contributed by atoms with E-state index >= 15 is 0 Å². The zero-order chi connectivity index (χ0) is 12.8. The van der Waals surface area contributed by atoms with Gasteiger partial charge in [-0.1, -0.05) is 11.6 Å². The number of rotatable bonds is 6. The lowest BCUT2D eigenvalue weighted by Crippen LogP contribution is -2.25. The monoisotopic (exact) mass is 258 g/mol. The molecule has 1 unspecified atom stereocenters. The van der Waals surface area contributed by atoms with Crippen LogP contribution in [0.2, 0.25) is 5.02 Å². The van der Waals surface area contributed by atoms with E-state index in [-0.39, 0.29) is 19.3 Å². The Balaban J connectivity index is 2.36. The highest BCUT2D eigenvalue weighted by Crippen LogP contribution is 2.21. The molecular weight excluding hydrogens is 240 g/mol. The lowest BCUT2D eigenvalue weighted by Gasteiger charge is -2.14. The van der Waals surface area contributed by atoms with Crippen molar-refractivity contribution in [2.75, 3.05) is 13.2 Å². The summed E-state index contributed by atoms with van der Waals surface area (Å²) in [5.74, 6) is 0.704. The summed E-state index contributed by atoms with van der Waals surface area (Å²) in [4.78, 5) is 0. The van der Waals surface area contributed by atoms with Crippen LogP contribution in [0.15, 0.2) is 18.2 Å². The van der Waals surface area contributed by atoms with Gasteiger partial charge in [-0.15, -0.1) is 0 Å². The smallest absolute Gasteiger partial charge is 0.119 e. The van der Waals surface area contributed by atoms with Gasteiger partial charge in [0.05, 0.1) is 12.7 Å². The lowest BCUT2D eigenvalue weighted by molar-refractivity contribution is -0.0122. The Kier molecular flexibility index (Phi) is 5.75. The lowest BCUT2D eigenvalue weighted by atomic mass is 10.2. The predicted molar refractivity (Wildman–Crippen MR) is 68.8 cm³/mol. The van der Waals surface area contributed by atoms with E-state index in [0.717, 1.165) is 5.56 Å². The van der Waals surface area contributed by atoms with Crippen LogP contribution in [-0.2, 0) is 4.74 Å². The number of benzene rings is 1. The maximum atomic E-state index is 9.61. The first-order valence-electron chi connectivity index (χ1n) is 5.67. The molecule has 0 bridgehead atoms. The van der Waals surface area contributed by atoms with E-state index in [4.69, 9.17) is 21.1 Å². The number of hydrogen-bond donors (Lipinski definition) is 1. The van der Waals surface area contributed by atoms with Crippen molar-refractivity contribution in [2.45, 2.75) is 33.0 Å². The van der Waals surface area contributed by atoms with Crippen molar-refractivity contribution in [3.05, 3.63) is 28.8 Å². The molecule has 0 radical (unpaired) electrons. The SMILES string of the molecule is Cc1cc(OCC(O)COC(C)C)ccc1Cl. The molecule has 0 saturated carbocycles. The summed E-state index contributed by atoms with van der Waals surface area (Å²) >= 11 is 5.90. The minimum atomic E-state index is -0.617. The van der Waals surface area contributed by atoms with Gasteiger partial charge in [-0.3, -0.25) is 0 Å². The topological polar surface area (TPSA) is 38.7 Å². The summed E-state index contributed by atoms with van der Waals surface area (Å²) in [7, 11) is 0. The third-order valence-electron chi connectivity index (χ3n) is 2.19. The van der Waals surface area contributed by atoms with E-state index < -0.39 is 6.10 Å². The molecule has 0 aliphatic carbocycles. The van der Waals surface area contributed by atoms with Gasteiger partial charge in [0.15, 0.2) is 0 Å². The number of aliphatic hydroxyl groups is 1. The van der Waals surface area contributed by atoms with Gasteiger partial charge < -0.3 is 14.6 Å². The van der Waals surface area contributed by atoms with Crippen molar-refractivity contribution in [3.63, 3.8) is 0 Å². The molecule has 0 fully saturated rings. The van der Waals surface area contributed by atoms with Crippen LogP contribution in [0.1, 0.15) is 19.4 Å². The van der Waals surface area contributed by atoms with Gasteiger partial charge in [0, 0.05) is 5.02 Å². The Morgan fingerprint density at radius 3 is 2.59 bits per heavy atom. The van der Waals surface area contributed by atoms with E-state index in [2.05, 4.69) is 0 Å². The van der Waals surface area contributed by atoms with Crippen molar-refractivity contribution in [1.82, 2.24) is 0 Å². The van der Waals surface area contributed by atoms with E-state index in [1.165, 1.54) is 0 Å². The molecule has 4 heteroatoms. The Morgan fingerprint density at radius 1 is 1.29 bits per heavy atom. The Labute approximate surface area is 107 Å². The Hall–Kier alpha value is -0.770. The fourth-order valence-corrected chi connectivity index (χ4v) is 1.37. The van der Waals surface area contributed by atoms with Gasteiger partial charge in [-0.05, 0) is 44.5 Å². The van der Waals surface area contributed by atoms with Crippen LogP contribution < -0.4 is 4.74 Å². The van der Waals surface area contributed by atoms with Crippen molar-refractivity contribution < 1.29 is 14.6 Å². The number of aryl methyl sites for hydroxylation is 1. The van der Waals surface area contributed by atoms with Crippen LogP contribution in [0, 0.1) is 6.92 Å². The summed E-state index contributed by atoms with van der Waals surface area (Å²) in [5, 5.41) is 10.3. The molecule has 3 nitrogen and oxygen atoms in total. The van der Waals surface area contributed by atoms with Crippen molar-refractivity contribution in [3.8, 4) is 5.75 Å². The van der Waals surface area contributed by atoms with Gasteiger partial charge >= 0.3 is 0 Å². The third kappa shape index (κ3) is 5.39. The molecule has 1 aromatic rings. The van der Waals surface area contributed by atoms with Crippen molar-refractivity contribution in [2.24, 2.45) is 0 Å². The van der Waals surface area contributed by atoms with Crippen LogP contribution in [0.3, 0.4) is 0 Å². The standard InChI is InChI=1S/C13H19ClO3/c1-9(2)16-7-11(15)8-17-12-4-5-13(14)10(3)6-12/h4-6,9,11,15H,7-8H2,1-3H3. The van der Waals surface area contributed by atoms with Crippen LogP contribution in [0.5, 0.6) is 5.75 Å². The van der Waals surface area contributed by atoms with Gasteiger partial charge in [-0.2, -0.15) is 0 Å². The second kappa shape index (κ2) is 6.84. The van der Waals surface area contributed by atoms with Crippen LogP contribution in [0.4, 0.5) is 0 Å². The zero-order valence-corrected chi connectivity index (χ0v) is 11.2. The molecule has 1 rings (SSSR count). The summed E-state index contributed by atoms with van der Waals surface area (Å²) in [6.07, 6.45) is -0.504. The summed E-state index contributed by atoms with van der Waals surface area (Å²) in [5.41, 5.74) is 0.956. The minimum Gasteiger partial charge on any atom is -0.491 e. The van der Waals surface area contributed by atoms with E-state index in [1.807, 2.05) is 26.8 Å². The minimum absolute atomic E-state index is 0.113. The first-order chi connectivity index (χ1) is 7.99. The fourth-order valence-electron chi connectivity index (χ4n) is 1.25. The highest BCUT2D eigenvalue weighted by molar-refractivity contribution is 6.31. The molecule has 0 aromatic heterocycles. The average molecular weight is 259 g/mol. The average Bonchev–Trinajstić information content (AvgIpc) is 2.28. The van der Waals surface area contributed by atoms with E-state index in [1.54, 1.807) is 12.1 Å². The number of aliphatic hydroxyl groups excluding tert-OH is 1. The third-order valence-corrected chi connectivity index (χ3v) is 2.62. The second-order valence-electron chi connectivity index (χ2n) is 4.26.